The third-order valence-electron chi connectivity index (χ3n) is 3.06. The normalized spacial score (nSPS) is 26.6. The zero-order valence-electron chi connectivity index (χ0n) is 9.82. The molecule has 0 spiro atoms. The van der Waals surface area contributed by atoms with Crippen molar-refractivity contribution in [1.82, 2.24) is 9.55 Å². The number of nitrogens with zero attached hydrogens (tertiary/aromatic N) is 1. The fourth-order valence-electron chi connectivity index (χ4n) is 2.01. The Morgan fingerprint density at radius 3 is 2.74 bits per heavy atom. The molecule has 8 heteroatoms. The molecule has 7 nitrogen and oxygen atoms in total. The lowest BCUT2D eigenvalue weighted by Gasteiger charge is -2.43. The summed E-state index contributed by atoms with van der Waals surface area (Å²) >= 11 is 5.40. The summed E-state index contributed by atoms with van der Waals surface area (Å²) in [6.07, 6.45) is 1.42. The molecule has 1 saturated heterocycles. The number of aliphatic hydroxyl groups is 2. The monoisotopic (exact) mass is 288 g/mol. The molecule has 0 unspecified atom stereocenters. The summed E-state index contributed by atoms with van der Waals surface area (Å²) < 4.78 is 6.47. The van der Waals surface area contributed by atoms with Crippen molar-refractivity contribution in [3.05, 3.63) is 38.1 Å². The lowest BCUT2D eigenvalue weighted by atomic mass is 9.95. The standard InChI is InChI=1S/C11H13ClN2O5/c12-2-1-6-3-14(11(18)13-9(6)17)10-7(4-15)8(5-16)19-10/h1-3,7-8,10,15-16H,4-5H2,(H,13,17,18)/t7-,8-,10-/m1/s1. The van der Waals surface area contributed by atoms with Crippen LogP contribution in [0.15, 0.2) is 21.3 Å². The Hall–Kier alpha value is -1.41. The highest BCUT2D eigenvalue weighted by molar-refractivity contribution is 6.27. The summed E-state index contributed by atoms with van der Waals surface area (Å²) in [5.41, 5.74) is 0.150. The van der Waals surface area contributed by atoms with Gasteiger partial charge in [-0.15, -0.1) is 0 Å². The van der Waals surface area contributed by atoms with Gasteiger partial charge in [0.1, 0.15) is 6.23 Å². The summed E-state index contributed by atoms with van der Waals surface area (Å²) in [7, 11) is 0. The number of hydrogen-bond donors (Lipinski definition) is 3. The minimum atomic E-state index is -0.714. The van der Waals surface area contributed by atoms with Crippen LogP contribution in [0, 0.1) is 5.92 Å². The van der Waals surface area contributed by atoms with Crippen molar-refractivity contribution in [1.29, 1.82) is 0 Å². The van der Waals surface area contributed by atoms with Gasteiger partial charge >= 0.3 is 5.69 Å². The number of nitrogens with one attached hydrogen (secondary N) is 1. The molecule has 1 aliphatic rings. The van der Waals surface area contributed by atoms with Crippen molar-refractivity contribution < 1.29 is 14.9 Å². The minimum absolute atomic E-state index is 0.197. The molecule has 1 aliphatic heterocycles. The molecule has 3 atom stereocenters. The Morgan fingerprint density at radius 2 is 2.16 bits per heavy atom. The molecular weight excluding hydrogens is 276 g/mol. The van der Waals surface area contributed by atoms with Crippen molar-refractivity contribution in [3.8, 4) is 0 Å². The Kier molecular flexibility index (Phi) is 4.20. The first-order valence-corrected chi connectivity index (χ1v) is 6.05. The van der Waals surface area contributed by atoms with Crippen molar-refractivity contribution >= 4 is 17.7 Å². The molecule has 0 aliphatic carbocycles. The molecule has 104 valence electrons. The second-order valence-corrected chi connectivity index (χ2v) is 4.39. The molecule has 1 aromatic heterocycles. The lowest BCUT2D eigenvalue weighted by Crippen LogP contribution is -2.52. The number of hydrogen-bond acceptors (Lipinski definition) is 5. The molecular formula is C11H13ClN2O5. The van der Waals surface area contributed by atoms with Crippen LogP contribution in [0.3, 0.4) is 0 Å². The van der Waals surface area contributed by atoms with Gasteiger partial charge in [0.05, 0.1) is 30.8 Å². The molecule has 19 heavy (non-hydrogen) atoms. The van der Waals surface area contributed by atoms with E-state index < -0.39 is 29.5 Å². The van der Waals surface area contributed by atoms with Gasteiger partial charge in [0, 0.05) is 11.7 Å². The molecule has 2 rings (SSSR count). The molecule has 2 heterocycles. The van der Waals surface area contributed by atoms with Crippen LogP contribution in [0.1, 0.15) is 11.8 Å². The minimum Gasteiger partial charge on any atom is -0.396 e. The van der Waals surface area contributed by atoms with E-state index in [0.717, 1.165) is 5.54 Å². The molecule has 1 fully saturated rings. The quantitative estimate of drug-likeness (QED) is 0.676. The Balaban J connectivity index is 2.38. The van der Waals surface area contributed by atoms with E-state index in [1.807, 2.05) is 0 Å². The molecule has 0 aromatic carbocycles. The smallest absolute Gasteiger partial charge is 0.330 e. The largest absolute Gasteiger partial charge is 0.396 e. The highest BCUT2D eigenvalue weighted by Gasteiger charge is 2.43. The molecule has 1 aromatic rings. The highest BCUT2D eigenvalue weighted by Crippen LogP contribution is 2.35. The van der Waals surface area contributed by atoms with E-state index in [9.17, 15) is 14.7 Å². The maximum absolute atomic E-state index is 11.7. The van der Waals surface area contributed by atoms with Crippen molar-refractivity contribution in [2.45, 2.75) is 12.3 Å². The van der Waals surface area contributed by atoms with E-state index in [2.05, 4.69) is 4.98 Å². The summed E-state index contributed by atoms with van der Waals surface area (Å²) in [5, 5.41) is 18.2. The number of ether oxygens (including phenoxy) is 1. The average Bonchev–Trinajstić information content (AvgIpc) is 2.34. The average molecular weight is 289 g/mol. The predicted molar refractivity (Wildman–Crippen MR) is 67.8 cm³/mol. The zero-order valence-corrected chi connectivity index (χ0v) is 10.6. The molecule has 0 radical (unpaired) electrons. The number of rotatable bonds is 4. The van der Waals surface area contributed by atoms with Crippen LogP contribution in [-0.4, -0.2) is 39.1 Å². The van der Waals surface area contributed by atoms with Gasteiger partial charge in [-0.3, -0.25) is 14.3 Å². The van der Waals surface area contributed by atoms with Crippen LogP contribution in [0.25, 0.3) is 6.08 Å². The van der Waals surface area contributed by atoms with Crippen LogP contribution < -0.4 is 11.2 Å². The number of aliphatic hydroxyl groups excluding tert-OH is 2. The molecule has 3 N–H and O–H groups in total. The van der Waals surface area contributed by atoms with Crippen molar-refractivity contribution in [2.75, 3.05) is 13.2 Å². The first-order valence-electron chi connectivity index (χ1n) is 5.61. The molecule has 0 saturated carbocycles. The van der Waals surface area contributed by atoms with E-state index >= 15 is 0 Å². The number of H-pyrrole nitrogens is 1. The fourth-order valence-corrected chi connectivity index (χ4v) is 2.15. The van der Waals surface area contributed by atoms with E-state index in [0.29, 0.717) is 0 Å². The van der Waals surface area contributed by atoms with Crippen molar-refractivity contribution in [3.63, 3.8) is 0 Å². The highest BCUT2D eigenvalue weighted by atomic mass is 35.5. The van der Waals surface area contributed by atoms with Crippen LogP contribution >= 0.6 is 11.6 Å². The lowest BCUT2D eigenvalue weighted by molar-refractivity contribution is -0.246. The summed E-state index contributed by atoms with van der Waals surface area (Å²) in [5.74, 6) is -0.401. The second kappa shape index (κ2) is 5.70. The number of aromatic nitrogens is 2. The van der Waals surface area contributed by atoms with Gasteiger partial charge in [0.15, 0.2) is 0 Å². The number of aromatic amines is 1. The van der Waals surface area contributed by atoms with Crippen LogP contribution in [0.2, 0.25) is 0 Å². The Bertz CT molecular complexity index is 593. The van der Waals surface area contributed by atoms with E-state index in [-0.39, 0.29) is 18.8 Å². The molecule has 0 amide bonds. The third kappa shape index (κ3) is 2.50. The van der Waals surface area contributed by atoms with E-state index in [4.69, 9.17) is 21.4 Å². The molecule has 0 bridgehead atoms. The second-order valence-electron chi connectivity index (χ2n) is 4.14. The van der Waals surface area contributed by atoms with Crippen LogP contribution in [0.4, 0.5) is 0 Å². The fraction of sp³-hybridized carbons (Fsp3) is 0.455. The van der Waals surface area contributed by atoms with Gasteiger partial charge in [-0.25, -0.2) is 4.79 Å². The van der Waals surface area contributed by atoms with Crippen LogP contribution in [-0.2, 0) is 4.74 Å². The van der Waals surface area contributed by atoms with E-state index in [1.165, 1.54) is 16.8 Å². The Morgan fingerprint density at radius 1 is 1.42 bits per heavy atom. The van der Waals surface area contributed by atoms with E-state index in [1.54, 1.807) is 0 Å². The van der Waals surface area contributed by atoms with Gasteiger partial charge in [-0.1, -0.05) is 11.6 Å². The summed E-state index contributed by atoms with van der Waals surface area (Å²) in [4.78, 5) is 25.3. The van der Waals surface area contributed by atoms with Gasteiger partial charge in [-0.2, -0.15) is 0 Å². The van der Waals surface area contributed by atoms with Gasteiger partial charge in [0.25, 0.3) is 5.56 Å². The SMILES string of the molecule is O=c1[nH]c(=O)n([C@@H]2O[C@H](CO)[C@H]2CO)cc1C=CCl. The predicted octanol–water partition coefficient (Wildman–Crippen LogP) is -0.756. The first-order chi connectivity index (χ1) is 9.12. The van der Waals surface area contributed by atoms with Gasteiger partial charge < -0.3 is 14.9 Å². The zero-order chi connectivity index (χ0) is 14.0. The third-order valence-corrected chi connectivity index (χ3v) is 3.19. The number of halogens is 1. The van der Waals surface area contributed by atoms with Gasteiger partial charge in [0.2, 0.25) is 0 Å². The summed E-state index contributed by atoms with van der Waals surface area (Å²) in [6.45, 7) is -0.476. The Labute approximate surface area is 112 Å². The van der Waals surface area contributed by atoms with Crippen LogP contribution in [0.5, 0.6) is 0 Å². The van der Waals surface area contributed by atoms with Gasteiger partial charge in [-0.05, 0) is 6.08 Å². The first kappa shape index (κ1) is 14.0. The summed E-state index contributed by atoms with van der Waals surface area (Å²) in [6, 6.07) is 0. The maximum Gasteiger partial charge on any atom is 0.330 e. The topological polar surface area (TPSA) is 105 Å². The van der Waals surface area contributed by atoms with Crippen molar-refractivity contribution in [2.24, 2.45) is 5.92 Å². The maximum atomic E-state index is 11.7.